The number of rotatable bonds is 11. The normalized spacial score (nSPS) is 11.6. The van der Waals surface area contributed by atoms with Gasteiger partial charge in [-0.05, 0) is 67.8 Å². The molecule has 6 nitrogen and oxygen atoms in total. The van der Waals surface area contributed by atoms with E-state index in [1.54, 1.807) is 13.2 Å². The lowest BCUT2D eigenvalue weighted by molar-refractivity contribution is 0.373. The molecule has 1 heterocycles. The summed E-state index contributed by atoms with van der Waals surface area (Å²) >= 11 is 0. The third-order valence-electron chi connectivity index (χ3n) is 5.92. The molecule has 0 bridgehead atoms. The Morgan fingerprint density at radius 3 is 2.65 bits per heavy atom. The van der Waals surface area contributed by atoms with Gasteiger partial charge in [-0.1, -0.05) is 30.3 Å². The minimum atomic E-state index is -0.0890. The van der Waals surface area contributed by atoms with Crippen LogP contribution in [0.15, 0.2) is 73.1 Å². The topological polar surface area (TPSA) is 71.3 Å². The van der Waals surface area contributed by atoms with E-state index in [1.165, 1.54) is 0 Å². The molecule has 0 amide bonds. The highest BCUT2D eigenvalue weighted by molar-refractivity contribution is 5.74. The maximum Gasteiger partial charge on any atom is 0.138 e. The van der Waals surface area contributed by atoms with Crippen LogP contribution in [0.25, 0.3) is 11.0 Å². The van der Waals surface area contributed by atoms with Crippen LogP contribution < -0.4 is 15.4 Å². The van der Waals surface area contributed by atoms with Gasteiger partial charge in [-0.2, -0.15) is 0 Å². The number of ether oxygens (including phenoxy) is 1. The van der Waals surface area contributed by atoms with Gasteiger partial charge in [-0.25, -0.2) is 4.98 Å². The summed E-state index contributed by atoms with van der Waals surface area (Å²) in [5.74, 6) is 1.05. The summed E-state index contributed by atoms with van der Waals surface area (Å²) in [6.45, 7) is 7.85. The van der Waals surface area contributed by atoms with Crippen molar-refractivity contribution >= 4 is 16.7 Å². The van der Waals surface area contributed by atoms with Crippen molar-refractivity contribution in [1.82, 2.24) is 14.9 Å². The second-order valence-corrected chi connectivity index (χ2v) is 9.02. The van der Waals surface area contributed by atoms with Gasteiger partial charge in [0.2, 0.25) is 0 Å². The molecular weight excluding hydrogens is 424 g/mol. The lowest BCUT2D eigenvalue weighted by Gasteiger charge is -2.26. The molecule has 4 aromatic rings. The van der Waals surface area contributed by atoms with Gasteiger partial charge in [0.25, 0.3) is 0 Å². The maximum atomic E-state index is 10.3. The number of nitrogens with one attached hydrogen (secondary N) is 2. The van der Waals surface area contributed by atoms with Crippen LogP contribution in [0, 0.1) is 13.0 Å². The van der Waals surface area contributed by atoms with Crippen LogP contribution >= 0.6 is 0 Å². The van der Waals surface area contributed by atoms with E-state index in [2.05, 4.69) is 40.1 Å². The number of nitrogens with zero attached hydrogens (tertiary/aromatic N) is 2. The minimum absolute atomic E-state index is 0.0890. The molecule has 1 aromatic heterocycles. The van der Waals surface area contributed by atoms with Crippen molar-refractivity contribution in [2.45, 2.75) is 38.9 Å². The van der Waals surface area contributed by atoms with Gasteiger partial charge in [0, 0.05) is 31.6 Å². The summed E-state index contributed by atoms with van der Waals surface area (Å²) < 4.78 is 7.40. The second kappa shape index (κ2) is 10.6. The number of para-hydroxylation sites is 2. The van der Waals surface area contributed by atoms with Gasteiger partial charge in [0.05, 0.1) is 30.2 Å². The maximum absolute atomic E-state index is 10.3. The number of hydrogen-bond acceptors (Lipinski definition) is 5. The molecule has 0 aliphatic carbocycles. The largest absolute Gasteiger partial charge is 0.506 e. The molecule has 2 radical (unpaired) electrons. The van der Waals surface area contributed by atoms with Crippen molar-refractivity contribution in [3.8, 4) is 11.5 Å². The number of fused-ring (bicyclic) bond motifs is 1. The lowest BCUT2D eigenvalue weighted by atomic mass is 10.00. The van der Waals surface area contributed by atoms with E-state index in [0.717, 1.165) is 40.9 Å². The third kappa shape index (κ3) is 6.08. The van der Waals surface area contributed by atoms with E-state index >= 15 is 0 Å². The Labute approximate surface area is 201 Å². The molecule has 3 aromatic carbocycles. The molecule has 4 rings (SSSR count). The fourth-order valence-electron chi connectivity index (χ4n) is 3.76. The monoisotopic (exact) mass is 456 g/mol. The average Bonchev–Trinajstić information content (AvgIpc) is 3.26. The predicted molar refractivity (Wildman–Crippen MR) is 138 cm³/mol. The van der Waals surface area contributed by atoms with Crippen molar-refractivity contribution in [3.63, 3.8) is 0 Å². The molecule has 0 saturated carbocycles. The predicted octanol–water partition coefficient (Wildman–Crippen LogP) is 5.54. The van der Waals surface area contributed by atoms with E-state index in [0.29, 0.717) is 12.2 Å². The number of hydrogen-bond donors (Lipinski definition) is 3. The fourth-order valence-corrected chi connectivity index (χ4v) is 3.76. The molecule has 0 unspecified atom stereocenters. The van der Waals surface area contributed by atoms with Crippen molar-refractivity contribution < 1.29 is 9.84 Å². The Bertz CT molecular complexity index is 1210. The quantitative estimate of drug-likeness (QED) is 0.259. The number of methoxy groups -OCH3 is 1. The van der Waals surface area contributed by atoms with Crippen LogP contribution in [0.1, 0.15) is 31.4 Å². The first-order valence-corrected chi connectivity index (χ1v) is 11.5. The summed E-state index contributed by atoms with van der Waals surface area (Å²) in [7, 11) is 1.65. The molecule has 176 valence electrons. The van der Waals surface area contributed by atoms with E-state index < -0.39 is 0 Å². The third-order valence-corrected chi connectivity index (χ3v) is 5.92. The molecular formula is C28H32N4O2. The van der Waals surface area contributed by atoms with Gasteiger partial charge in [0.15, 0.2) is 0 Å². The molecule has 0 aliphatic heterocycles. The molecule has 0 spiro atoms. The number of imidazole rings is 1. The van der Waals surface area contributed by atoms with Crippen LogP contribution in [0.4, 0.5) is 5.69 Å². The van der Waals surface area contributed by atoms with E-state index in [4.69, 9.17) is 4.74 Å². The lowest BCUT2D eigenvalue weighted by Crippen LogP contribution is -2.38. The van der Waals surface area contributed by atoms with Crippen LogP contribution in [0.3, 0.4) is 0 Å². The zero-order valence-corrected chi connectivity index (χ0v) is 20.0. The van der Waals surface area contributed by atoms with Gasteiger partial charge in [-0.15, -0.1) is 0 Å². The van der Waals surface area contributed by atoms with Gasteiger partial charge in [-0.3, -0.25) is 0 Å². The number of aryl methyl sites for hydroxylation is 1. The Hall–Kier alpha value is -3.51. The van der Waals surface area contributed by atoms with Crippen LogP contribution in [0.5, 0.6) is 11.5 Å². The number of benzene rings is 3. The Morgan fingerprint density at radius 1 is 1.06 bits per heavy atom. The van der Waals surface area contributed by atoms with Gasteiger partial charge >= 0.3 is 0 Å². The highest BCUT2D eigenvalue weighted by Crippen LogP contribution is 2.26. The first-order chi connectivity index (χ1) is 16.4. The number of phenols is 1. The first-order valence-electron chi connectivity index (χ1n) is 11.5. The zero-order chi connectivity index (χ0) is 24.0. The van der Waals surface area contributed by atoms with Gasteiger partial charge < -0.3 is 25.0 Å². The van der Waals surface area contributed by atoms with Crippen LogP contribution in [0.2, 0.25) is 0 Å². The fraction of sp³-hybridized carbons (Fsp3) is 0.250. The zero-order valence-electron chi connectivity index (χ0n) is 20.0. The summed E-state index contributed by atoms with van der Waals surface area (Å²) in [6, 6.07) is 21.6. The smallest absolute Gasteiger partial charge is 0.138 e. The number of anilines is 1. The standard InChI is InChI=1S/C28H32N4O2/c1-28(2,15-17-32-20-30-24-6-4-5-7-26(24)32)31-16-14-21-10-13-27(33)25(18-21)29-19-22-8-11-23(34-3)12-9-22/h4-14,16,18,20,29,31,33H,15,17,19H2,1-3H3. The minimum Gasteiger partial charge on any atom is -0.506 e. The number of phenolic OH excluding ortho intramolecular Hbond substituents is 1. The Morgan fingerprint density at radius 2 is 1.85 bits per heavy atom. The van der Waals surface area contributed by atoms with Crippen molar-refractivity contribution in [2.75, 3.05) is 12.4 Å². The highest BCUT2D eigenvalue weighted by atomic mass is 16.5. The number of aromatic nitrogens is 2. The Kier molecular flexibility index (Phi) is 7.38. The van der Waals surface area contributed by atoms with Crippen molar-refractivity contribution in [2.24, 2.45) is 0 Å². The SMILES string of the molecule is COc1ccc(CNc2cc([CH][CH]NC(C)(C)CCn3cnc4ccccc43)ccc2O)cc1. The summed E-state index contributed by atoms with van der Waals surface area (Å²) in [6.07, 6.45) is 4.88. The van der Waals surface area contributed by atoms with Gasteiger partial charge in [0.1, 0.15) is 11.5 Å². The average molecular weight is 457 g/mol. The van der Waals surface area contributed by atoms with E-state index in [9.17, 15) is 5.11 Å². The van der Waals surface area contributed by atoms with Crippen molar-refractivity contribution in [3.05, 3.63) is 97.1 Å². The number of aromatic hydroxyl groups is 1. The molecule has 0 fully saturated rings. The first kappa shape index (κ1) is 23.6. The summed E-state index contributed by atoms with van der Waals surface area (Å²) in [5, 5.41) is 17.1. The molecule has 3 N–H and O–H groups in total. The van der Waals surface area contributed by atoms with Crippen molar-refractivity contribution in [1.29, 1.82) is 0 Å². The molecule has 0 atom stereocenters. The molecule has 6 heteroatoms. The molecule has 0 saturated heterocycles. The molecule has 0 aliphatic rings. The second-order valence-electron chi connectivity index (χ2n) is 9.02. The van der Waals surface area contributed by atoms with E-state index in [-0.39, 0.29) is 11.3 Å². The summed E-state index contributed by atoms with van der Waals surface area (Å²) in [4.78, 5) is 4.48. The highest BCUT2D eigenvalue weighted by Gasteiger charge is 2.17. The summed E-state index contributed by atoms with van der Waals surface area (Å²) in [5.41, 5.74) is 4.90. The van der Waals surface area contributed by atoms with Crippen LogP contribution in [-0.2, 0) is 13.1 Å². The Balaban J connectivity index is 1.27. The van der Waals surface area contributed by atoms with E-state index in [1.807, 2.05) is 73.9 Å². The van der Waals surface area contributed by atoms with Crippen LogP contribution in [-0.4, -0.2) is 27.3 Å². The molecule has 34 heavy (non-hydrogen) atoms.